The van der Waals surface area contributed by atoms with Crippen LogP contribution in [-0.4, -0.2) is 29.2 Å². The normalized spacial score (nSPS) is 15.4. The number of aryl methyl sites for hydroxylation is 1. The van der Waals surface area contributed by atoms with Crippen molar-refractivity contribution < 1.29 is 9.90 Å². The summed E-state index contributed by atoms with van der Waals surface area (Å²) in [5, 5.41) is 9.50. The molecule has 3 N–H and O–H groups in total. The molecule has 0 unspecified atom stereocenters. The molecule has 0 bridgehead atoms. The van der Waals surface area contributed by atoms with Crippen molar-refractivity contribution in [2.45, 2.75) is 13.3 Å². The van der Waals surface area contributed by atoms with E-state index in [9.17, 15) is 4.79 Å². The Morgan fingerprint density at radius 3 is 2.78 bits per heavy atom. The van der Waals surface area contributed by atoms with Crippen LogP contribution in [0.1, 0.15) is 17.5 Å². The Kier molecular flexibility index (Phi) is 3.48. The summed E-state index contributed by atoms with van der Waals surface area (Å²) in [7, 11) is 0. The lowest BCUT2D eigenvalue weighted by molar-refractivity contribution is 0.150. The quantitative estimate of drug-likeness (QED) is 0.768. The zero-order valence-corrected chi connectivity index (χ0v) is 10.9. The summed E-state index contributed by atoms with van der Waals surface area (Å²) in [5.41, 5.74) is 9.48. The van der Waals surface area contributed by atoms with Gasteiger partial charge in [0, 0.05) is 18.8 Å². The highest BCUT2D eigenvalue weighted by molar-refractivity contribution is 6.32. The van der Waals surface area contributed by atoms with Crippen molar-refractivity contribution in [2.24, 2.45) is 0 Å². The van der Waals surface area contributed by atoms with Crippen LogP contribution in [0.3, 0.4) is 0 Å². The van der Waals surface area contributed by atoms with Crippen LogP contribution in [0, 0.1) is 6.92 Å². The topological polar surface area (TPSA) is 66.6 Å². The second-order valence-corrected chi connectivity index (χ2v) is 4.80. The SMILES string of the molecule is Cc1cc(C2=CCN(C(=O)O)CC2)c(Cl)cc1N. The molecule has 0 atom stereocenters. The Labute approximate surface area is 111 Å². The van der Waals surface area contributed by atoms with Crippen LogP contribution in [0.2, 0.25) is 5.02 Å². The minimum Gasteiger partial charge on any atom is -0.465 e. The molecule has 1 aromatic carbocycles. The first-order valence-electron chi connectivity index (χ1n) is 5.72. The number of amides is 1. The van der Waals surface area contributed by atoms with Crippen molar-refractivity contribution in [2.75, 3.05) is 18.8 Å². The van der Waals surface area contributed by atoms with E-state index in [4.69, 9.17) is 22.4 Å². The molecule has 5 heteroatoms. The molecule has 0 saturated heterocycles. The number of carboxylic acid groups (broad SMARTS) is 1. The Morgan fingerprint density at radius 1 is 1.50 bits per heavy atom. The van der Waals surface area contributed by atoms with Crippen LogP contribution in [0.15, 0.2) is 18.2 Å². The van der Waals surface area contributed by atoms with Crippen LogP contribution in [-0.2, 0) is 0 Å². The van der Waals surface area contributed by atoms with Crippen LogP contribution >= 0.6 is 11.6 Å². The van der Waals surface area contributed by atoms with Gasteiger partial charge in [0.15, 0.2) is 0 Å². The minimum atomic E-state index is -0.884. The third-order valence-electron chi connectivity index (χ3n) is 3.18. The van der Waals surface area contributed by atoms with Crippen molar-refractivity contribution in [1.29, 1.82) is 0 Å². The van der Waals surface area contributed by atoms with E-state index in [1.165, 1.54) is 4.90 Å². The van der Waals surface area contributed by atoms with Gasteiger partial charge in [-0.1, -0.05) is 17.7 Å². The van der Waals surface area contributed by atoms with E-state index in [1.807, 2.05) is 19.1 Å². The lowest BCUT2D eigenvalue weighted by Gasteiger charge is -2.24. The fraction of sp³-hybridized carbons (Fsp3) is 0.308. The molecule has 96 valence electrons. The summed E-state index contributed by atoms with van der Waals surface area (Å²) in [6.45, 7) is 2.84. The number of nitrogens with zero attached hydrogens (tertiary/aromatic N) is 1. The number of nitrogens with two attached hydrogens (primary N) is 1. The molecule has 1 aliphatic heterocycles. The molecule has 0 saturated carbocycles. The number of hydrogen-bond donors (Lipinski definition) is 2. The molecule has 0 aliphatic carbocycles. The van der Waals surface area contributed by atoms with E-state index in [-0.39, 0.29) is 0 Å². The minimum absolute atomic E-state index is 0.407. The summed E-state index contributed by atoms with van der Waals surface area (Å²) in [6.07, 6.45) is 1.70. The van der Waals surface area contributed by atoms with Gasteiger partial charge >= 0.3 is 6.09 Å². The Morgan fingerprint density at radius 2 is 2.22 bits per heavy atom. The molecule has 1 aliphatic rings. The van der Waals surface area contributed by atoms with Gasteiger partial charge in [0.1, 0.15) is 0 Å². The van der Waals surface area contributed by atoms with Crippen LogP contribution in [0.4, 0.5) is 10.5 Å². The van der Waals surface area contributed by atoms with Gasteiger partial charge in [-0.3, -0.25) is 0 Å². The third-order valence-corrected chi connectivity index (χ3v) is 3.49. The van der Waals surface area contributed by atoms with E-state index in [0.29, 0.717) is 30.2 Å². The first-order chi connectivity index (χ1) is 8.49. The van der Waals surface area contributed by atoms with E-state index in [0.717, 1.165) is 16.7 Å². The van der Waals surface area contributed by atoms with Gasteiger partial charge < -0.3 is 15.7 Å². The average molecular weight is 267 g/mol. The lowest BCUT2D eigenvalue weighted by atomic mass is 9.97. The van der Waals surface area contributed by atoms with E-state index < -0.39 is 6.09 Å². The van der Waals surface area contributed by atoms with Gasteiger partial charge in [0.2, 0.25) is 0 Å². The highest BCUT2D eigenvalue weighted by Gasteiger charge is 2.18. The Bertz CT molecular complexity index is 526. The van der Waals surface area contributed by atoms with Crippen LogP contribution in [0.25, 0.3) is 5.57 Å². The average Bonchev–Trinajstić information content (AvgIpc) is 2.34. The maximum atomic E-state index is 10.8. The smallest absolute Gasteiger partial charge is 0.407 e. The summed E-state index contributed by atoms with van der Waals surface area (Å²) in [5.74, 6) is 0. The summed E-state index contributed by atoms with van der Waals surface area (Å²) >= 11 is 6.18. The number of benzene rings is 1. The van der Waals surface area contributed by atoms with E-state index in [1.54, 1.807) is 6.07 Å². The van der Waals surface area contributed by atoms with Crippen molar-refractivity contribution >= 4 is 29.0 Å². The molecule has 1 aromatic rings. The van der Waals surface area contributed by atoms with Gasteiger partial charge in [0.25, 0.3) is 0 Å². The van der Waals surface area contributed by atoms with Gasteiger partial charge in [0.05, 0.1) is 5.02 Å². The van der Waals surface area contributed by atoms with E-state index in [2.05, 4.69) is 0 Å². The monoisotopic (exact) mass is 266 g/mol. The number of rotatable bonds is 1. The number of hydrogen-bond acceptors (Lipinski definition) is 2. The van der Waals surface area contributed by atoms with Gasteiger partial charge in [-0.2, -0.15) is 0 Å². The molecule has 0 radical (unpaired) electrons. The van der Waals surface area contributed by atoms with Crippen molar-refractivity contribution in [1.82, 2.24) is 4.90 Å². The summed E-state index contributed by atoms with van der Waals surface area (Å²) in [6, 6.07) is 3.70. The molecule has 1 heterocycles. The van der Waals surface area contributed by atoms with Crippen molar-refractivity contribution in [3.05, 3.63) is 34.4 Å². The molecule has 0 fully saturated rings. The van der Waals surface area contributed by atoms with Gasteiger partial charge in [-0.05, 0) is 42.2 Å². The fourth-order valence-corrected chi connectivity index (χ4v) is 2.32. The lowest BCUT2D eigenvalue weighted by Crippen LogP contribution is -2.33. The van der Waals surface area contributed by atoms with E-state index >= 15 is 0 Å². The maximum absolute atomic E-state index is 10.8. The molecule has 4 nitrogen and oxygen atoms in total. The zero-order chi connectivity index (χ0) is 13.3. The predicted octanol–water partition coefficient (Wildman–Crippen LogP) is 3.00. The number of nitrogen functional groups attached to an aromatic ring is 1. The highest BCUT2D eigenvalue weighted by Crippen LogP contribution is 2.31. The van der Waals surface area contributed by atoms with Crippen molar-refractivity contribution in [3.63, 3.8) is 0 Å². The second-order valence-electron chi connectivity index (χ2n) is 4.40. The second kappa shape index (κ2) is 4.90. The highest BCUT2D eigenvalue weighted by atomic mass is 35.5. The Balaban J connectivity index is 2.29. The summed E-state index contributed by atoms with van der Waals surface area (Å²) < 4.78 is 0. The third kappa shape index (κ3) is 2.43. The van der Waals surface area contributed by atoms with Crippen LogP contribution < -0.4 is 5.73 Å². The molecular weight excluding hydrogens is 252 g/mol. The molecule has 18 heavy (non-hydrogen) atoms. The molecule has 1 amide bonds. The predicted molar refractivity (Wildman–Crippen MR) is 72.8 cm³/mol. The molecule has 0 spiro atoms. The first-order valence-corrected chi connectivity index (χ1v) is 6.09. The summed E-state index contributed by atoms with van der Waals surface area (Å²) in [4.78, 5) is 12.2. The zero-order valence-electron chi connectivity index (χ0n) is 10.1. The molecular formula is C13H15ClN2O2. The van der Waals surface area contributed by atoms with Gasteiger partial charge in [-0.15, -0.1) is 0 Å². The largest absolute Gasteiger partial charge is 0.465 e. The Hall–Kier alpha value is -1.68. The van der Waals surface area contributed by atoms with Crippen LogP contribution in [0.5, 0.6) is 0 Å². The maximum Gasteiger partial charge on any atom is 0.407 e. The standard InChI is InChI=1S/C13H15ClN2O2/c1-8-6-10(11(14)7-12(8)15)9-2-4-16(5-3-9)13(17)18/h2,6-7H,3-5,15H2,1H3,(H,17,18). The van der Waals surface area contributed by atoms with Gasteiger partial charge in [-0.25, -0.2) is 4.79 Å². The number of anilines is 1. The number of halogens is 1. The molecule has 2 rings (SSSR count). The van der Waals surface area contributed by atoms with Crippen molar-refractivity contribution in [3.8, 4) is 0 Å². The molecule has 0 aromatic heterocycles. The first kappa shape index (κ1) is 12.8. The fourth-order valence-electron chi connectivity index (χ4n) is 2.03. The number of carbonyl (C=O) groups is 1.